The third-order valence-corrected chi connectivity index (χ3v) is 3.81. The Balaban J connectivity index is 2.25. The Hall–Kier alpha value is -1.24. The van der Waals surface area contributed by atoms with E-state index in [0.29, 0.717) is 15.6 Å². The van der Waals surface area contributed by atoms with E-state index in [-0.39, 0.29) is 18.5 Å². The van der Waals surface area contributed by atoms with Gasteiger partial charge in [-0.1, -0.05) is 36.0 Å². The molecule has 19 heavy (non-hydrogen) atoms. The zero-order valence-electron chi connectivity index (χ0n) is 10.4. The van der Waals surface area contributed by atoms with Gasteiger partial charge >= 0.3 is 0 Å². The highest BCUT2D eigenvalue weighted by Crippen LogP contribution is 2.26. The van der Waals surface area contributed by atoms with Gasteiger partial charge in [0.1, 0.15) is 6.54 Å². The molecule has 3 nitrogen and oxygen atoms in total. The summed E-state index contributed by atoms with van der Waals surface area (Å²) in [5, 5.41) is 9.77. The second-order valence-corrected chi connectivity index (χ2v) is 5.56. The van der Waals surface area contributed by atoms with Gasteiger partial charge in [-0.2, -0.15) is 5.26 Å². The van der Waals surface area contributed by atoms with Gasteiger partial charge < -0.3 is 4.90 Å². The number of hydrogen-bond acceptors (Lipinski definition) is 2. The summed E-state index contributed by atoms with van der Waals surface area (Å²) in [6, 6.07) is 6.99. The summed E-state index contributed by atoms with van der Waals surface area (Å²) in [6.07, 6.45) is 4.13. The predicted octanol–water partition coefficient (Wildman–Crippen LogP) is 3.90. The Morgan fingerprint density at radius 3 is 2.37 bits per heavy atom. The molecular formula is C14H14Cl2N2O. The number of amides is 1. The van der Waals surface area contributed by atoms with Crippen molar-refractivity contribution in [3.8, 4) is 6.07 Å². The molecule has 2 rings (SSSR count). The maximum Gasteiger partial charge on any atom is 0.255 e. The van der Waals surface area contributed by atoms with Gasteiger partial charge in [-0.3, -0.25) is 4.79 Å². The van der Waals surface area contributed by atoms with Crippen molar-refractivity contribution in [1.82, 2.24) is 4.90 Å². The highest BCUT2D eigenvalue weighted by Gasteiger charge is 2.27. The Bertz CT molecular complexity index is 498. The minimum Gasteiger partial charge on any atom is -0.322 e. The van der Waals surface area contributed by atoms with Gasteiger partial charge in [0.25, 0.3) is 5.91 Å². The van der Waals surface area contributed by atoms with Crippen LogP contribution in [0.4, 0.5) is 0 Å². The highest BCUT2D eigenvalue weighted by atomic mass is 35.5. The predicted molar refractivity (Wildman–Crippen MR) is 75.4 cm³/mol. The van der Waals surface area contributed by atoms with Crippen LogP contribution < -0.4 is 0 Å². The van der Waals surface area contributed by atoms with E-state index in [9.17, 15) is 4.79 Å². The van der Waals surface area contributed by atoms with Crippen molar-refractivity contribution >= 4 is 29.1 Å². The second kappa shape index (κ2) is 6.27. The quantitative estimate of drug-likeness (QED) is 0.794. The first-order chi connectivity index (χ1) is 9.11. The second-order valence-electron chi connectivity index (χ2n) is 4.69. The van der Waals surface area contributed by atoms with Crippen LogP contribution in [0.2, 0.25) is 10.0 Å². The maximum atomic E-state index is 12.5. The summed E-state index contributed by atoms with van der Waals surface area (Å²) in [5.74, 6) is -0.169. The van der Waals surface area contributed by atoms with E-state index in [1.807, 2.05) is 0 Å². The summed E-state index contributed by atoms with van der Waals surface area (Å²) in [6.45, 7) is 0.105. The summed E-state index contributed by atoms with van der Waals surface area (Å²) in [5.41, 5.74) is 0.444. The molecule has 0 saturated heterocycles. The number of nitriles is 1. The largest absolute Gasteiger partial charge is 0.322 e. The molecule has 0 atom stereocenters. The van der Waals surface area contributed by atoms with Gasteiger partial charge in [-0.15, -0.1) is 0 Å². The minimum atomic E-state index is -0.169. The number of benzene rings is 1. The van der Waals surface area contributed by atoms with Crippen LogP contribution in [0.3, 0.4) is 0 Å². The van der Waals surface area contributed by atoms with Gasteiger partial charge in [-0.05, 0) is 31.0 Å². The van der Waals surface area contributed by atoms with Crippen molar-refractivity contribution in [2.24, 2.45) is 0 Å². The Morgan fingerprint density at radius 1 is 1.26 bits per heavy atom. The highest BCUT2D eigenvalue weighted by molar-refractivity contribution is 6.35. The van der Waals surface area contributed by atoms with Crippen molar-refractivity contribution in [1.29, 1.82) is 5.26 Å². The van der Waals surface area contributed by atoms with Crippen molar-refractivity contribution in [2.45, 2.75) is 31.7 Å². The molecule has 100 valence electrons. The first kappa shape index (κ1) is 14.2. The number of carbonyl (C=O) groups excluding carboxylic acids is 1. The lowest BCUT2D eigenvalue weighted by Gasteiger charge is -2.26. The number of nitrogens with zero attached hydrogens (tertiary/aromatic N) is 2. The normalized spacial score (nSPS) is 15.2. The molecule has 1 aliphatic carbocycles. The van der Waals surface area contributed by atoms with Gasteiger partial charge in [0.05, 0.1) is 6.07 Å². The van der Waals surface area contributed by atoms with Crippen LogP contribution in [0.5, 0.6) is 0 Å². The molecule has 0 heterocycles. The monoisotopic (exact) mass is 296 g/mol. The number of hydrogen-bond donors (Lipinski definition) is 0. The van der Waals surface area contributed by atoms with Crippen LogP contribution in [0.25, 0.3) is 0 Å². The van der Waals surface area contributed by atoms with Crippen molar-refractivity contribution in [3.05, 3.63) is 33.8 Å². The lowest BCUT2D eigenvalue weighted by molar-refractivity contribution is 0.0709. The number of halogens is 2. The molecule has 1 aliphatic rings. The number of carbonyl (C=O) groups is 1. The molecule has 0 aliphatic heterocycles. The minimum absolute atomic E-state index is 0.105. The average Bonchev–Trinajstić information content (AvgIpc) is 2.87. The molecule has 0 aromatic heterocycles. The van der Waals surface area contributed by atoms with Crippen LogP contribution in [-0.2, 0) is 0 Å². The van der Waals surface area contributed by atoms with E-state index in [4.69, 9.17) is 28.5 Å². The molecule has 1 aromatic rings. The van der Waals surface area contributed by atoms with E-state index in [1.165, 1.54) is 0 Å². The Labute approximate surface area is 122 Å². The molecule has 1 saturated carbocycles. The van der Waals surface area contributed by atoms with E-state index in [2.05, 4.69) is 6.07 Å². The third-order valence-electron chi connectivity index (χ3n) is 3.38. The molecule has 0 bridgehead atoms. The van der Waals surface area contributed by atoms with E-state index < -0.39 is 0 Å². The fourth-order valence-corrected chi connectivity index (χ4v) is 3.03. The fraction of sp³-hybridized carbons (Fsp3) is 0.429. The van der Waals surface area contributed by atoms with Crippen molar-refractivity contribution < 1.29 is 4.79 Å². The topological polar surface area (TPSA) is 44.1 Å². The maximum absolute atomic E-state index is 12.5. The van der Waals surface area contributed by atoms with Gasteiger partial charge in [0.2, 0.25) is 0 Å². The van der Waals surface area contributed by atoms with Crippen LogP contribution in [-0.4, -0.2) is 23.4 Å². The first-order valence-electron chi connectivity index (χ1n) is 6.26. The van der Waals surface area contributed by atoms with E-state index >= 15 is 0 Å². The number of rotatable bonds is 3. The van der Waals surface area contributed by atoms with Crippen LogP contribution in [0.15, 0.2) is 18.2 Å². The zero-order chi connectivity index (χ0) is 13.8. The average molecular weight is 297 g/mol. The summed E-state index contributed by atoms with van der Waals surface area (Å²) in [4.78, 5) is 14.1. The third kappa shape index (κ3) is 3.40. The molecular weight excluding hydrogens is 283 g/mol. The van der Waals surface area contributed by atoms with Gasteiger partial charge in [-0.25, -0.2) is 0 Å². The lowest BCUT2D eigenvalue weighted by Crippen LogP contribution is -2.39. The molecule has 0 N–H and O–H groups in total. The molecule has 5 heteroatoms. The molecule has 1 aromatic carbocycles. The van der Waals surface area contributed by atoms with E-state index in [1.54, 1.807) is 23.1 Å². The van der Waals surface area contributed by atoms with Crippen LogP contribution in [0.1, 0.15) is 36.0 Å². The summed E-state index contributed by atoms with van der Waals surface area (Å²) in [7, 11) is 0. The molecule has 1 amide bonds. The SMILES string of the molecule is N#CCN(C(=O)c1cc(Cl)cc(Cl)c1)C1CCCC1. The molecule has 1 fully saturated rings. The fourth-order valence-electron chi connectivity index (χ4n) is 2.50. The van der Waals surface area contributed by atoms with Crippen molar-refractivity contribution in [3.63, 3.8) is 0 Å². The van der Waals surface area contributed by atoms with E-state index in [0.717, 1.165) is 25.7 Å². The zero-order valence-corrected chi connectivity index (χ0v) is 11.9. The lowest BCUT2D eigenvalue weighted by atomic mass is 10.1. The Morgan fingerprint density at radius 2 is 1.84 bits per heavy atom. The summed E-state index contributed by atoms with van der Waals surface area (Å²) >= 11 is 11.8. The van der Waals surface area contributed by atoms with Crippen molar-refractivity contribution in [2.75, 3.05) is 6.54 Å². The Kier molecular flexibility index (Phi) is 4.68. The molecule has 0 unspecified atom stereocenters. The van der Waals surface area contributed by atoms with Gasteiger partial charge in [0, 0.05) is 21.7 Å². The van der Waals surface area contributed by atoms with Crippen LogP contribution in [0, 0.1) is 11.3 Å². The standard InChI is InChI=1S/C14H14Cl2N2O/c15-11-7-10(8-12(16)9-11)14(19)18(6-5-17)13-3-1-2-4-13/h7-9,13H,1-4,6H2. The molecule has 0 spiro atoms. The molecule has 0 radical (unpaired) electrons. The van der Waals surface area contributed by atoms with Crippen LogP contribution >= 0.6 is 23.2 Å². The smallest absolute Gasteiger partial charge is 0.255 e. The first-order valence-corrected chi connectivity index (χ1v) is 7.01. The van der Waals surface area contributed by atoms with Gasteiger partial charge in [0.15, 0.2) is 0 Å². The summed E-state index contributed by atoms with van der Waals surface area (Å²) < 4.78 is 0.